The molecule has 1 aromatic carbocycles. The Kier molecular flexibility index (Phi) is 5.31. The Morgan fingerprint density at radius 3 is 2.38 bits per heavy atom. The normalized spacial score (nSPS) is 11.8. The molecule has 0 fully saturated rings. The lowest BCUT2D eigenvalue weighted by Gasteiger charge is -2.24. The minimum absolute atomic E-state index is 0.0328. The summed E-state index contributed by atoms with van der Waals surface area (Å²) in [5.74, 6) is -0.832. The number of benzene rings is 1. The van der Waals surface area contributed by atoms with Crippen molar-refractivity contribution in [2.24, 2.45) is 14.1 Å². The topological polar surface area (TPSA) is 82.1 Å². The Labute approximate surface area is 162 Å². The van der Waals surface area contributed by atoms with Crippen molar-refractivity contribution in [1.82, 2.24) is 23.6 Å². The van der Waals surface area contributed by atoms with Crippen LogP contribution in [0.4, 0.5) is 13.2 Å². The summed E-state index contributed by atoms with van der Waals surface area (Å²) < 4.78 is 42.2. The van der Waals surface area contributed by atoms with Crippen molar-refractivity contribution >= 4 is 17.1 Å². The molecule has 0 atom stereocenters. The fraction of sp³-hybridized carbons (Fsp3) is 0.333. The molecule has 0 aliphatic carbocycles. The fourth-order valence-corrected chi connectivity index (χ4v) is 3.02. The maximum absolute atomic E-state index is 13.0. The lowest BCUT2D eigenvalue weighted by Crippen LogP contribution is -2.41. The number of nitrogens with zero attached hydrogens (tertiary/aromatic N) is 5. The number of fused-ring (bicyclic) bond motifs is 1. The number of aryl methyl sites for hydroxylation is 1. The molecule has 0 aliphatic heterocycles. The number of rotatable bonds is 5. The second-order valence-corrected chi connectivity index (χ2v) is 6.60. The molecule has 0 saturated carbocycles. The summed E-state index contributed by atoms with van der Waals surface area (Å²) in [5, 5.41) is 0. The van der Waals surface area contributed by atoms with E-state index < -0.39 is 36.4 Å². The molecule has 154 valence electrons. The molecule has 0 spiro atoms. The van der Waals surface area contributed by atoms with Gasteiger partial charge in [-0.25, -0.2) is 9.78 Å². The van der Waals surface area contributed by atoms with E-state index in [1.54, 1.807) is 30.3 Å². The van der Waals surface area contributed by atoms with E-state index in [2.05, 4.69) is 4.98 Å². The maximum Gasteiger partial charge on any atom is 0.406 e. The smallest absolute Gasteiger partial charge is 0.328 e. The van der Waals surface area contributed by atoms with Crippen molar-refractivity contribution in [3.8, 4) is 0 Å². The monoisotopic (exact) mass is 409 g/mol. The van der Waals surface area contributed by atoms with E-state index in [4.69, 9.17) is 0 Å². The van der Waals surface area contributed by atoms with E-state index in [0.717, 1.165) is 20.0 Å². The van der Waals surface area contributed by atoms with Gasteiger partial charge in [0, 0.05) is 20.6 Å². The number of hydrogen-bond donors (Lipinski definition) is 0. The van der Waals surface area contributed by atoms with Crippen molar-refractivity contribution in [3.63, 3.8) is 0 Å². The van der Waals surface area contributed by atoms with Gasteiger partial charge in [-0.15, -0.1) is 0 Å². The molecule has 0 radical (unpaired) electrons. The first-order chi connectivity index (χ1) is 13.6. The third-order valence-corrected chi connectivity index (χ3v) is 4.46. The summed E-state index contributed by atoms with van der Waals surface area (Å²) in [6.45, 7) is -2.18. The molecule has 8 nitrogen and oxygen atoms in total. The quantitative estimate of drug-likeness (QED) is 0.630. The molecule has 0 N–H and O–H groups in total. The Balaban J connectivity index is 1.95. The number of aromatic nitrogens is 4. The van der Waals surface area contributed by atoms with E-state index in [0.29, 0.717) is 10.5 Å². The van der Waals surface area contributed by atoms with Crippen LogP contribution in [0.5, 0.6) is 0 Å². The highest BCUT2D eigenvalue weighted by atomic mass is 19.4. The van der Waals surface area contributed by atoms with Gasteiger partial charge in [-0.2, -0.15) is 13.2 Å². The van der Waals surface area contributed by atoms with Gasteiger partial charge in [0.1, 0.15) is 13.1 Å². The lowest BCUT2D eigenvalue weighted by molar-refractivity contribution is -0.162. The van der Waals surface area contributed by atoms with Gasteiger partial charge in [-0.05, 0) is 5.56 Å². The number of hydrogen-bond acceptors (Lipinski definition) is 4. The molecule has 29 heavy (non-hydrogen) atoms. The van der Waals surface area contributed by atoms with Gasteiger partial charge in [0.05, 0.1) is 6.33 Å². The van der Waals surface area contributed by atoms with Gasteiger partial charge < -0.3 is 9.47 Å². The molecule has 11 heteroatoms. The average molecular weight is 409 g/mol. The van der Waals surface area contributed by atoms with Crippen LogP contribution >= 0.6 is 0 Å². The van der Waals surface area contributed by atoms with Crippen LogP contribution in [0.15, 0.2) is 46.2 Å². The standard InChI is InChI=1S/C18H18F3N5O3/c1-23-15-14(16(28)24(2)17(23)29)26(11-22-15)9-13(27)25(10-18(19,20)21)8-12-6-4-3-5-7-12/h3-7,11H,8-10H2,1-2H3. The van der Waals surface area contributed by atoms with Crippen molar-refractivity contribution in [2.75, 3.05) is 6.54 Å². The first-order valence-electron chi connectivity index (χ1n) is 8.58. The maximum atomic E-state index is 13.0. The van der Waals surface area contributed by atoms with Crippen molar-refractivity contribution in [1.29, 1.82) is 0 Å². The van der Waals surface area contributed by atoms with Crippen LogP contribution in [0, 0.1) is 0 Å². The number of halogens is 3. The first-order valence-corrected chi connectivity index (χ1v) is 8.58. The molecule has 1 amide bonds. The minimum atomic E-state index is -4.58. The highest BCUT2D eigenvalue weighted by Crippen LogP contribution is 2.19. The zero-order valence-electron chi connectivity index (χ0n) is 15.7. The first kappa shape index (κ1) is 20.4. The number of alkyl halides is 3. The van der Waals surface area contributed by atoms with Crippen molar-refractivity contribution in [3.05, 3.63) is 63.1 Å². The lowest BCUT2D eigenvalue weighted by atomic mass is 10.2. The number of imidazole rings is 1. The van der Waals surface area contributed by atoms with Crippen LogP contribution in [0.3, 0.4) is 0 Å². The summed E-state index contributed by atoms with van der Waals surface area (Å²) in [5.41, 5.74) is -0.717. The van der Waals surface area contributed by atoms with Gasteiger partial charge >= 0.3 is 11.9 Å². The van der Waals surface area contributed by atoms with E-state index in [1.165, 1.54) is 14.1 Å². The zero-order valence-corrected chi connectivity index (χ0v) is 15.7. The molecule has 3 aromatic rings. The second-order valence-electron chi connectivity index (χ2n) is 6.60. The molecule has 2 aromatic heterocycles. The number of amides is 1. The Morgan fingerprint density at radius 2 is 1.76 bits per heavy atom. The highest BCUT2D eigenvalue weighted by Gasteiger charge is 2.33. The van der Waals surface area contributed by atoms with Gasteiger partial charge in [0.2, 0.25) is 5.91 Å². The molecule has 0 aliphatic rings. The van der Waals surface area contributed by atoms with Crippen molar-refractivity contribution in [2.45, 2.75) is 19.3 Å². The Hall–Kier alpha value is -3.37. The van der Waals surface area contributed by atoms with Crippen LogP contribution in [-0.4, -0.2) is 42.2 Å². The molecule has 3 rings (SSSR count). The van der Waals surface area contributed by atoms with Gasteiger partial charge in [-0.1, -0.05) is 30.3 Å². The number of carbonyl (C=O) groups is 1. The van der Waals surface area contributed by atoms with Gasteiger partial charge in [0.15, 0.2) is 11.2 Å². The van der Waals surface area contributed by atoms with E-state index >= 15 is 0 Å². The molecule has 0 unspecified atom stereocenters. The SMILES string of the molecule is Cn1c(=O)c2c(ncn2CC(=O)N(Cc2ccccc2)CC(F)(F)F)n(C)c1=O. The van der Waals surface area contributed by atoms with Gasteiger partial charge in [0.25, 0.3) is 5.56 Å². The molecule has 2 heterocycles. The Bertz CT molecular complexity index is 1160. The van der Waals surface area contributed by atoms with E-state index in [1.807, 2.05) is 0 Å². The van der Waals surface area contributed by atoms with E-state index in [-0.39, 0.29) is 17.7 Å². The molecule has 0 saturated heterocycles. The zero-order chi connectivity index (χ0) is 21.3. The minimum Gasteiger partial charge on any atom is -0.328 e. The third-order valence-electron chi connectivity index (χ3n) is 4.46. The largest absolute Gasteiger partial charge is 0.406 e. The van der Waals surface area contributed by atoms with Crippen molar-refractivity contribution < 1.29 is 18.0 Å². The highest BCUT2D eigenvalue weighted by molar-refractivity contribution is 5.79. The predicted octanol–water partition coefficient (Wildman–Crippen LogP) is 1.02. The van der Waals surface area contributed by atoms with Crippen LogP contribution in [0.25, 0.3) is 11.2 Å². The summed E-state index contributed by atoms with van der Waals surface area (Å²) in [6.07, 6.45) is -3.42. The van der Waals surface area contributed by atoms with E-state index in [9.17, 15) is 27.6 Å². The number of carbonyl (C=O) groups excluding carboxylic acids is 1. The van der Waals surface area contributed by atoms with Gasteiger partial charge in [-0.3, -0.25) is 18.7 Å². The summed E-state index contributed by atoms with van der Waals surface area (Å²) in [4.78, 5) is 41.7. The summed E-state index contributed by atoms with van der Waals surface area (Å²) >= 11 is 0. The molecular formula is C18H18F3N5O3. The average Bonchev–Trinajstić information content (AvgIpc) is 3.07. The molecule has 0 bridgehead atoms. The third kappa shape index (κ3) is 4.23. The van der Waals surface area contributed by atoms with Crippen LogP contribution in [-0.2, 0) is 32.0 Å². The van der Waals surface area contributed by atoms with Crippen LogP contribution < -0.4 is 11.2 Å². The summed E-state index contributed by atoms with van der Waals surface area (Å²) in [7, 11) is 2.68. The second kappa shape index (κ2) is 7.57. The predicted molar refractivity (Wildman–Crippen MR) is 98.1 cm³/mol. The van der Waals surface area contributed by atoms with Crippen LogP contribution in [0.1, 0.15) is 5.56 Å². The summed E-state index contributed by atoms with van der Waals surface area (Å²) in [6, 6.07) is 8.29. The Morgan fingerprint density at radius 1 is 1.10 bits per heavy atom. The van der Waals surface area contributed by atoms with Crippen LogP contribution in [0.2, 0.25) is 0 Å². The fourth-order valence-electron chi connectivity index (χ4n) is 3.02. The molecular weight excluding hydrogens is 391 g/mol.